The quantitative estimate of drug-likeness (QED) is 0.715. The summed E-state index contributed by atoms with van der Waals surface area (Å²) in [6.07, 6.45) is 0.724. The van der Waals surface area contributed by atoms with Gasteiger partial charge in [0.15, 0.2) is 11.5 Å². The lowest BCUT2D eigenvalue weighted by Gasteiger charge is -2.32. The van der Waals surface area contributed by atoms with Crippen LogP contribution in [0.2, 0.25) is 0 Å². The molecule has 1 aliphatic heterocycles. The van der Waals surface area contributed by atoms with Crippen molar-refractivity contribution in [2.24, 2.45) is 0 Å². The number of para-hydroxylation sites is 1. The molecule has 1 unspecified atom stereocenters. The van der Waals surface area contributed by atoms with Crippen LogP contribution in [0.3, 0.4) is 0 Å². The molecule has 0 saturated heterocycles. The number of amides is 2. The number of ether oxygens (including phenoxy) is 2. The molecule has 0 bridgehead atoms. The maximum absolute atomic E-state index is 12.8. The largest absolute Gasteiger partial charge is 0.493 e. The van der Waals surface area contributed by atoms with Crippen LogP contribution < -0.4 is 19.7 Å². The van der Waals surface area contributed by atoms with Gasteiger partial charge in [-0.15, -0.1) is 11.8 Å². The fraction of sp³-hybridized carbons (Fsp3) is 0.364. The number of benzene rings is 2. The lowest BCUT2D eigenvalue weighted by Crippen LogP contribution is -2.46. The van der Waals surface area contributed by atoms with Crippen molar-refractivity contribution in [3.8, 4) is 11.5 Å². The molecule has 0 fully saturated rings. The number of thioether (sulfide) groups is 1. The maximum Gasteiger partial charge on any atom is 0.240 e. The summed E-state index contributed by atoms with van der Waals surface area (Å²) in [6.45, 7) is 4.80. The number of methoxy groups -OCH3 is 1. The Bertz CT molecular complexity index is 887. The zero-order valence-electron chi connectivity index (χ0n) is 16.9. The Morgan fingerprint density at radius 2 is 1.97 bits per heavy atom. The SMILES string of the molecule is CCOc1ccc(CNC(=O)CN2C(=O)C(CC)Sc3ccccc32)cc1OC. The fourth-order valence-corrected chi connectivity index (χ4v) is 4.35. The average Bonchev–Trinajstić information content (AvgIpc) is 2.74. The number of anilines is 1. The van der Waals surface area contributed by atoms with Crippen LogP contribution in [0.25, 0.3) is 0 Å². The van der Waals surface area contributed by atoms with Gasteiger partial charge in [-0.05, 0) is 43.2 Å². The Labute approximate surface area is 175 Å². The van der Waals surface area contributed by atoms with Crippen LogP contribution >= 0.6 is 11.8 Å². The predicted molar refractivity (Wildman–Crippen MR) is 115 cm³/mol. The van der Waals surface area contributed by atoms with Crippen molar-refractivity contribution < 1.29 is 19.1 Å². The van der Waals surface area contributed by atoms with Gasteiger partial charge in [0.1, 0.15) is 6.54 Å². The highest BCUT2D eigenvalue weighted by Gasteiger charge is 2.33. The van der Waals surface area contributed by atoms with Gasteiger partial charge in [0, 0.05) is 11.4 Å². The second kappa shape index (κ2) is 9.69. The Balaban J connectivity index is 1.67. The van der Waals surface area contributed by atoms with E-state index in [0.29, 0.717) is 24.7 Å². The van der Waals surface area contributed by atoms with E-state index in [-0.39, 0.29) is 23.6 Å². The highest BCUT2D eigenvalue weighted by Crippen LogP contribution is 2.39. The second-order valence-corrected chi connectivity index (χ2v) is 7.85. The predicted octanol–water partition coefficient (Wildman–Crippen LogP) is 3.63. The van der Waals surface area contributed by atoms with Crippen LogP contribution in [-0.4, -0.2) is 37.3 Å². The highest BCUT2D eigenvalue weighted by molar-refractivity contribution is 8.01. The average molecular weight is 415 g/mol. The molecule has 1 atom stereocenters. The van der Waals surface area contributed by atoms with Gasteiger partial charge >= 0.3 is 0 Å². The van der Waals surface area contributed by atoms with Gasteiger partial charge in [0.05, 0.1) is 24.7 Å². The summed E-state index contributed by atoms with van der Waals surface area (Å²) in [5.41, 5.74) is 1.69. The van der Waals surface area contributed by atoms with Crippen LogP contribution in [0.5, 0.6) is 11.5 Å². The van der Waals surface area contributed by atoms with Crippen LogP contribution in [0, 0.1) is 0 Å². The molecule has 0 aromatic heterocycles. The minimum absolute atomic E-state index is 0.00106. The molecule has 1 aliphatic rings. The van der Waals surface area contributed by atoms with E-state index < -0.39 is 0 Å². The summed E-state index contributed by atoms with van der Waals surface area (Å²) >= 11 is 1.57. The van der Waals surface area contributed by atoms with Crippen LogP contribution in [0.4, 0.5) is 5.69 Å². The van der Waals surface area contributed by atoms with Gasteiger partial charge in [-0.2, -0.15) is 0 Å². The maximum atomic E-state index is 12.8. The Kier molecular flexibility index (Phi) is 7.04. The van der Waals surface area contributed by atoms with E-state index in [9.17, 15) is 9.59 Å². The number of carbonyl (C=O) groups excluding carboxylic acids is 2. The molecule has 29 heavy (non-hydrogen) atoms. The van der Waals surface area contributed by atoms with Gasteiger partial charge in [0.2, 0.25) is 11.8 Å². The number of carbonyl (C=O) groups is 2. The van der Waals surface area contributed by atoms with E-state index in [0.717, 1.165) is 22.6 Å². The summed E-state index contributed by atoms with van der Waals surface area (Å²) in [5.74, 6) is 1.07. The van der Waals surface area contributed by atoms with Crippen molar-refractivity contribution in [2.45, 2.75) is 37.0 Å². The number of rotatable bonds is 8. The van der Waals surface area contributed by atoms with E-state index in [1.165, 1.54) is 0 Å². The first kappa shape index (κ1) is 21.0. The monoisotopic (exact) mass is 414 g/mol. The number of fused-ring (bicyclic) bond motifs is 1. The third-order valence-electron chi connectivity index (χ3n) is 4.66. The molecular formula is C22H26N2O4S. The first-order valence-corrected chi connectivity index (χ1v) is 10.6. The minimum atomic E-state index is -0.206. The lowest BCUT2D eigenvalue weighted by molar-refractivity contribution is -0.123. The Hall–Kier alpha value is -2.67. The molecule has 2 amide bonds. The van der Waals surface area contributed by atoms with Crippen LogP contribution in [0.15, 0.2) is 47.4 Å². The van der Waals surface area contributed by atoms with Gasteiger partial charge in [-0.25, -0.2) is 0 Å². The molecule has 1 heterocycles. The number of nitrogens with zero attached hydrogens (tertiary/aromatic N) is 1. The normalized spacial score (nSPS) is 15.6. The number of hydrogen-bond donors (Lipinski definition) is 1. The molecule has 6 nitrogen and oxygen atoms in total. The lowest BCUT2D eigenvalue weighted by atomic mass is 10.2. The van der Waals surface area contributed by atoms with E-state index in [2.05, 4.69) is 5.32 Å². The molecule has 7 heteroatoms. The minimum Gasteiger partial charge on any atom is -0.493 e. The summed E-state index contributed by atoms with van der Waals surface area (Å²) in [5, 5.41) is 2.74. The molecule has 2 aromatic rings. The van der Waals surface area contributed by atoms with Gasteiger partial charge in [-0.1, -0.05) is 25.1 Å². The van der Waals surface area contributed by atoms with Crippen molar-refractivity contribution in [1.82, 2.24) is 5.32 Å². The molecule has 0 radical (unpaired) electrons. The first-order chi connectivity index (χ1) is 14.1. The Morgan fingerprint density at radius 1 is 1.17 bits per heavy atom. The Morgan fingerprint density at radius 3 is 2.69 bits per heavy atom. The molecule has 0 spiro atoms. The molecular weight excluding hydrogens is 388 g/mol. The summed E-state index contributed by atoms with van der Waals surface area (Å²) in [7, 11) is 1.59. The molecule has 1 N–H and O–H groups in total. The highest BCUT2D eigenvalue weighted by atomic mass is 32.2. The van der Waals surface area contributed by atoms with Crippen molar-refractivity contribution in [2.75, 3.05) is 25.2 Å². The zero-order valence-corrected chi connectivity index (χ0v) is 17.8. The van der Waals surface area contributed by atoms with E-state index >= 15 is 0 Å². The van der Waals surface area contributed by atoms with Crippen molar-refractivity contribution in [3.63, 3.8) is 0 Å². The first-order valence-electron chi connectivity index (χ1n) is 9.70. The topological polar surface area (TPSA) is 67.9 Å². The second-order valence-electron chi connectivity index (χ2n) is 6.60. The van der Waals surface area contributed by atoms with Gasteiger partial charge in [-0.3, -0.25) is 9.59 Å². The third-order valence-corrected chi connectivity index (χ3v) is 6.08. The zero-order chi connectivity index (χ0) is 20.8. The van der Waals surface area contributed by atoms with Crippen molar-refractivity contribution in [3.05, 3.63) is 48.0 Å². The number of hydrogen-bond acceptors (Lipinski definition) is 5. The van der Waals surface area contributed by atoms with Crippen LogP contribution in [0.1, 0.15) is 25.8 Å². The fourth-order valence-electron chi connectivity index (χ4n) is 3.19. The van der Waals surface area contributed by atoms with Crippen LogP contribution in [-0.2, 0) is 16.1 Å². The van der Waals surface area contributed by atoms with Gasteiger partial charge in [0.25, 0.3) is 0 Å². The van der Waals surface area contributed by atoms with Crippen molar-refractivity contribution in [1.29, 1.82) is 0 Å². The molecule has 3 rings (SSSR count). The van der Waals surface area contributed by atoms with E-state index in [1.807, 2.05) is 56.3 Å². The molecule has 0 aliphatic carbocycles. The standard InChI is InChI=1S/C22H26N2O4S/c1-4-19-22(26)24(16-8-6-7-9-20(16)29-19)14-21(25)23-13-15-10-11-17(28-5-2)18(12-15)27-3/h6-12,19H,4-5,13-14H2,1-3H3,(H,23,25). The molecule has 2 aromatic carbocycles. The molecule has 0 saturated carbocycles. The summed E-state index contributed by atoms with van der Waals surface area (Å²) < 4.78 is 10.9. The summed E-state index contributed by atoms with van der Waals surface area (Å²) in [4.78, 5) is 28.0. The molecule has 154 valence electrons. The van der Waals surface area contributed by atoms with E-state index in [1.54, 1.807) is 23.8 Å². The van der Waals surface area contributed by atoms with E-state index in [4.69, 9.17) is 9.47 Å². The smallest absolute Gasteiger partial charge is 0.240 e. The van der Waals surface area contributed by atoms with Gasteiger partial charge < -0.3 is 19.7 Å². The van der Waals surface area contributed by atoms with Crippen molar-refractivity contribution >= 4 is 29.3 Å². The third kappa shape index (κ3) is 4.85. The summed E-state index contributed by atoms with van der Waals surface area (Å²) in [6, 6.07) is 13.3. The number of nitrogens with one attached hydrogen (secondary N) is 1.